The number of hydrogen-bond acceptors (Lipinski definition) is 2. The van der Waals surface area contributed by atoms with E-state index in [9.17, 15) is 5.11 Å². The minimum atomic E-state index is -0.404. The molecule has 2 heteroatoms. The fourth-order valence-corrected chi connectivity index (χ4v) is 1.93. The van der Waals surface area contributed by atoms with Crippen molar-refractivity contribution in [1.82, 2.24) is 5.32 Å². The molecule has 1 aliphatic carbocycles. The molecule has 0 radical (unpaired) electrons. The molecule has 2 nitrogen and oxygen atoms in total. The Morgan fingerprint density at radius 2 is 1.85 bits per heavy atom. The van der Waals surface area contributed by atoms with Crippen molar-refractivity contribution in [3.8, 4) is 0 Å². The van der Waals surface area contributed by atoms with Crippen LogP contribution in [0.3, 0.4) is 0 Å². The van der Waals surface area contributed by atoms with Crippen LogP contribution in [0.5, 0.6) is 0 Å². The summed E-state index contributed by atoms with van der Waals surface area (Å²) in [4.78, 5) is 0. The van der Waals surface area contributed by atoms with E-state index in [4.69, 9.17) is 0 Å². The topological polar surface area (TPSA) is 32.3 Å². The quantitative estimate of drug-likeness (QED) is 0.700. The van der Waals surface area contributed by atoms with Crippen molar-refractivity contribution in [3.63, 3.8) is 0 Å². The van der Waals surface area contributed by atoms with Gasteiger partial charge in [-0.25, -0.2) is 0 Å². The maximum Gasteiger partial charge on any atom is 0.0777 e. The molecule has 13 heavy (non-hydrogen) atoms. The van der Waals surface area contributed by atoms with Crippen LogP contribution in [-0.4, -0.2) is 23.3 Å². The average molecular weight is 185 g/mol. The van der Waals surface area contributed by atoms with Gasteiger partial charge in [0.05, 0.1) is 5.60 Å². The van der Waals surface area contributed by atoms with E-state index >= 15 is 0 Å². The van der Waals surface area contributed by atoms with E-state index in [-0.39, 0.29) is 0 Å². The first-order valence-corrected chi connectivity index (χ1v) is 5.39. The first kappa shape index (κ1) is 11.0. The molecule has 78 valence electrons. The Kier molecular flexibility index (Phi) is 3.36. The Hall–Kier alpha value is -0.0800. The summed E-state index contributed by atoms with van der Waals surface area (Å²) in [5, 5.41) is 13.3. The largest absolute Gasteiger partial charge is 0.389 e. The van der Waals surface area contributed by atoms with Crippen LogP contribution < -0.4 is 5.32 Å². The Balaban J connectivity index is 2.22. The zero-order valence-electron chi connectivity index (χ0n) is 9.30. The zero-order chi connectivity index (χ0) is 10.1. The van der Waals surface area contributed by atoms with Gasteiger partial charge in [-0.05, 0) is 24.7 Å². The Labute approximate surface area is 81.7 Å². The van der Waals surface area contributed by atoms with Gasteiger partial charge < -0.3 is 10.4 Å². The summed E-state index contributed by atoms with van der Waals surface area (Å²) in [6, 6.07) is 0.474. The molecule has 1 fully saturated rings. The van der Waals surface area contributed by atoms with Crippen LogP contribution in [0.4, 0.5) is 0 Å². The van der Waals surface area contributed by atoms with Gasteiger partial charge in [0.25, 0.3) is 0 Å². The SMILES string of the molecule is CC(C)NCC1(O)CC(C(C)C)C1. The molecule has 0 atom stereocenters. The highest BCUT2D eigenvalue weighted by molar-refractivity contribution is 4.96. The Bertz CT molecular complexity index is 154. The van der Waals surface area contributed by atoms with Gasteiger partial charge in [0.1, 0.15) is 0 Å². The van der Waals surface area contributed by atoms with Gasteiger partial charge in [-0.15, -0.1) is 0 Å². The third-order valence-corrected chi connectivity index (χ3v) is 3.07. The first-order chi connectivity index (χ1) is 5.93. The molecule has 0 saturated heterocycles. The van der Waals surface area contributed by atoms with Gasteiger partial charge in [-0.3, -0.25) is 0 Å². The maximum absolute atomic E-state index is 10.0. The smallest absolute Gasteiger partial charge is 0.0777 e. The second-order valence-electron chi connectivity index (χ2n) is 5.17. The molecule has 1 aliphatic rings. The van der Waals surface area contributed by atoms with E-state index in [0.29, 0.717) is 6.04 Å². The monoisotopic (exact) mass is 185 g/mol. The standard InChI is InChI=1S/C11H23NO/c1-8(2)10-5-11(13,6-10)7-12-9(3)4/h8-10,12-13H,5-7H2,1-4H3. The van der Waals surface area contributed by atoms with Gasteiger partial charge in [0, 0.05) is 12.6 Å². The lowest BCUT2D eigenvalue weighted by Gasteiger charge is -2.46. The van der Waals surface area contributed by atoms with Crippen LogP contribution in [0.2, 0.25) is 0 Å². The normalized spacial score (nSPS) is 33.9. The third kappa shape index (κ3) is 2.96. The minimum Gasteiger partial charge on any atom is -0.389 e. The fourth-order valence-electron chi connectivity index (χ4n) is 1.93. The van der Waals surface area contributed by atoms with Crippen molar-refractivity contribution in [1.29, 1.82) is 0 Å². The summed E-state index contributed by atoms with van der Waals surface area (Å²) in [7, 11) is 0. The molecule has 0 amide bonds. The molecule has 0 spiro atoms. The lowest BCUT2D eigenvalue weighted by atomic mass is 9.66. The second kappa shape index (κ2) is 3.97. The molecule has 0 unspecified atom stereocenters. The van der Waals surface area contributed by atoms with Crippen LogP contribution in [0.15, 0.2) is 0 Å². The Morgan fingerprint density at radius 1 is 1.31 bits per heavy atom. The number of rotatable bonds is 4. The molecule has 1 saturated carbocycles. The Morgan fingerprint density at radius 3 is 2.23 bits per heavy atom. The van der Waals surface area contributed by atoms with E-state index < -0.39 is 5.60 Å². The lowest BCUT2D eigenvalue weighted by molar-refractivity contribution is -0.0853. The van der Waals surface area contributed by atoms with Crippen molar-refractivity contribution >= 4 is 0 Å². The molecule has 0 bridgehead atoms. The highest BCUT2D eigenvalue weighted by atomic mass is 16.3. The molecule has 0 aromatic rings. The van der Waals surface area contributed by atoms with E-state index in [1.807, 2.05) is 0 Å². The zero-order valence-corrected chi connectivity index (χ0v) is 9.30. The molecule has 0 aromatic carbocycles. The lowest BCUT2D eigenvalue weighted by Crippen LogP contribution is -2.53. The molecular formula is C11H23NO. The average Bonchev–Trinajstić information content (AvgIpc) is 1.95. The molecule has 0 aliphatic heterocycles. The number of hydrogen-bond donors (Lipinski definition) is 2. The van der Waals surface area contributed by atoms with Gasteiger partial charge in [0.2, 0.25) is 0 Å². The van der Waals surface area contributed by atoms with Gasteiger partial charge in [-0.2, -0.15) is 0 Å². The van der Waals surface area contributed by atoms with Crippen LogP contribution in [0, 0.1) is 11.8 Å². The van der Waals surface area contributed by atoms with Crippen LogP contribution in [0.25, 0.3) is 0 Å². The van der Waals surface area contributed by atoms with Gasteiger partial charge >= 0.3 is 0 Å². The fraction of sp³-hybridized carbons (Fsp3) is 1.00. The summed E-state index contributed by atoms with van der Waals surface area (Å²) in [5.74, 6) is 1.46. The third-order valence-electron chi connectivity index (χ3n) is 3.07. The second-order valence-corrected chi connectivity index (χ2v) is 5.17. The molecular weight excluding hydrogens is 162 g/mol. The van der Waals surface area contributed by atoms with Crippen LogP contribution >= 0.6 is 0 Å². The molecule has 0 heterocycles. The summed E-state index contributed by atoms with van der Waals surface area (Å²) in [6.07, 6.45) is 1.95. The van der Waals surface area contributed by atoms with Gasteiger partial charge in [-0.1, -0.05) is 27.7 Å². The summed E-state index contributed by atoms with van der Waals surface area (Å²) < 4.78 is 0. The van der Waals surface area contributed by atoms with Crippen molar-refractivity contribution in [2.75, 3.05) is 6.54 Å². The summed E-state index contributed by atoms with van der Waals surface area (Å²) in [5.41, 5.74) is -0.404. The maximum atomic E-state index is 10.0. The van der Waals surface area contributed by atoms with Crippen molar-refractivity contribution in [2.24, 2.45) is 11.8 Å². The van der Waals surface area contributed by atoms with Crippen LogP contribution in [-0.2, 0) is 0 Å². The highest BCUT2D eigenvalue weighted by Crippen LogP contribution is 2.41. The van der Waals surface area contributed by atoms with E-state index in [1.54, 1.807) is 0 Å². The minimum absolute atomic E-state index is 0.404. The summed E-state index contributed by atoms with van der Waals surface area (Å²) >= 11 is 0. The summed E-state index contributed by atoms with van der Waals surface area (Å²) in [6.45, 7) is 9.46. The first-order valence-electron chi connectivity index (χ1n) is 5.39. The number of aliphatic hydroxyl groups is 1. The predicted molar refractivity (Wildman–Crippen MR) is 55.7 cm³/mol. The van der Waals surface area contributed by atoms with E-state index in [1.165, 1.54) is 0 Å². The van der Waals surface area contributed by atoms with Crippen molar-refractivity contribution in [3.05, 3.63) is 0 Å². The predicted octanol–water partition coefficient (Wildman–Crippen LogP) is 1.78. The molecule has 1 rings (SSSR count). The molecule has 0 aromatic heterocycles. The van der Waals surface area contributed by atoms with Crippen molar-refractivity contribution in [2.45, 2.75) is 52.2 Å². The highest BCUT2D eigenvalue weighted by Gasteiger charge is 2.43. The van der Waals surface area contributed by atoms with Crippen LogP contribution in [0.1, 0.15) is 40.5 Å². The molecule has 2 N–H and O–H groups in total. The van der Waals surface area contributed by atoms with Crippen molar-refractivity contribution < 1.29 is 5.11 Å². The van der Waals surface area contributed by atoms with E-state index in [2.05, 4.69) is 33.0 Å². The van der Waals surface area contributed by atoms with E-state index in [0.717, 1.165) is 31.2 Å². The number of nitrogens with one attached hydrogen (secondary N) is 1. The van der Waals surface area contributed by atoms with Gasteiger partial charge in [0.15, 0.2) is 0 Å².